The predicted molar refractivity (Wildman–Crippen MR) is 148 cm³/mol. The summed E-state index contributed by atoms with van der Waals surface area (Å²) < 4.78 is 6.63. The first-order valence-electron chi connectivity index (χ1n) is 10.8. The van der Waals surface area contributed by atoms with E-state index in [4.69, 9.17) is 16.3 Å². The van der Waals surface area contributed by atoms with Crippen LogP contribution < -0.4 is 20.3 Å². The number of benzene rings is 3. The second kappa shape index (κ2) is 11.3. The highest BCUT2D eigenvalue weighted by Crippen LogP contribution is 2.36. The number of amides is 5. The summed E-state index contributed by atoms with van der Waals surface area (Å²) in [5, 5.41) is 5.26. The highest BCUT2D eigenvalue weighted by atomic mass is 79.9. The fourth-order valence-corrected chi connectivity index (χ4v) is 5.17. The second-order valence-electron chi connectivity index (χ2n) is 7.96. The monoisotopic (exact) mass is 645 g/mol. The van der Waals surface area contributed by atoms with E-state index < -0.39 is 17.8 Å². The van der Waals surface area contributed by atoms with Gasteiger partial charge in [-0.2, -0.15) is 0 Å². The summed E-state index contributed by atoms with van der Waals surface area (Å²) in [6.07, 6.45) is 1.35. The first-order valence-corrected chi connectivity index (χ1v) is 12.7. The molecular weight excluding hydrogens is 630 g/mol. The number of nitrogens with zero attached hydrogens (tertiary/aromatic N) is 1. The maximum atomic E-state index is 13.1. The van der Waals surface area contributed by atoms with Crippen LogP contribution in [-0.2, 0) is 14.4 Å². The van der Waals surface area contributed by atoms with Gasteiger partial charge in [-0.1, -0.05) is 29.8 Å². The molecule has 3 aromatic rings. The summed E-state index contributed by atoms with van der Waals surface area (Å²) in [5.41, 5.74) is 2.12. The number of rotatable bonds is 6. The summed E-state index contributed by atoms with van der Waals surface area (Å²) >= 11 is 12.8. The van der Waals surface area contributed by atoms with Crippen LogP contribution in [-0.4, -0.2) is 30.4 Å². The highest BCUT2D eigenvalue weighted by Gasteiger charge is 2.37. The van der Waals surface area contributed by atoms with Crippen molar-refractivity contribution in [3.63, 3.8) is 0 Å². The minimum atomic E-state index is -0.871. The van der Waals surface area contributed by atoms with Crippen LogP contribution in [0.25, 0.3) is 6.08 Å². The molecule has 1 heterocycles. The van der Waals surface area contributed by atoms with Crippen LogP contribution in [0, 0.1) is 6.92 Å². The van der Waals surface area contributed by atoms with Gasteiger partial charge in [0.05, 0.1) is 14.6 Å². The number of urea groups is 1. The van der Waals surface area contributed by atoms with Crippen LogP contribution in [0.15, 0.2) is 75.2 Å². The molecule has 1 aliphatic rings. The van der Waals surface area contributed by atoms with Crippen molar-refractivity contribution in [1.82, 2.24) is 5.32 Å². The van der Waals surface area contributed by atoms with Crippen LogP contribution in [0.5, 0.6) is 5.75 Å². The third kappa shape index (κ3) is 6.27. The van der Waals surface area contributed by atoms with E-state index in [0.29, 0.717) is 31.0 Å². The van der Waals surface area contributed by atoms with Gasteiger partial charge in [0.1, 0.15) is 11.3 Å². The van der Waals surface area contributed by atoms with Gasteiger partial charge in [-0.15, -0.1) is 0 Å². The minimum Gasteiger partial charge on any atom is -0.481 e. The molecule has 0 saturated carbocycles. The second-order valence-corrected chi connectivity index (χ2v) is 10.1. The van der Waals surface area contributed by atoms with Gasteiger partial charge >= 0.3 is 6.03 Å². The Morgan fingerprint density at radius 3 is 2.43 bits per heavy atom. The zero-order valence-corrected chi connectivity index (χ0v) is 23.1. The summed E-state index contributed by atoms with van der Waals surface area (Å²) in [6, 6.07) is 15.9. The minimum absolute atomic E-state index is 0.225. The molecule has 0 spiro atoms. The first-order chi connectivity index (χ1) is 17.6. The van der Waals surface area contributed by atoms with Crippen LogP contribution in [0.4, 0.5) is 16.2 Å². The fraction of sp³-hybridized carbons (Fsp3) is 0.0769. The Kier molecular flexibility index (Phi) is 8.11. The lowest BCUT2D eigenvalue weighted by atomic mass is 10.1. The maximum absolute atomic E-state index is 13.1. The quantitative estimate of drug-likeness (QED) is 0.258. The van der Waals surface area contributed by atoms with Crippen LogP contribution in [0.2, 0.25) is 5.02 Å². The van der Waals surface area contributed by atoms with Crippen molar-refractivity contribution < 1.29 is 23.9 Å². The molecule has 0 bridgehead atoms. The van der Waals surface area contributed by atoms with Crippen molar-refractivity contribution in [3.05, 3.63) is 91.3 Å². The molecule has 2 N–H and O–H groups in total. The van der Waals surface area contributed by atoms with Crippen LogP contribution >= 0.6 is 43.5 Å². The van der Waals surface area contributed by atoms with Crippen molar-refractivity contribution in [3.8, 4) is 5.75 Å². The van der Waals surface area contributed by atoms with E-state index >= 15 is 0 Å². The first kappa shape index (κ1) is 26.6. The molecule has 0 atom stereocenters. The molecule has 0 radical (unpaired) electrons. The van der Waals surface area contributed by atoms with Crippen molar-refractivity contribution in [2.45, 2.75) is 6.92 Å². The number of hydrogen-bond acceptors (Lipinski definition) is 5. The number of halogens is 3. The Balaban J connectivity index is 1.53. The van der Waals surface area contributed by atoms with Gasteiger partial charge in [0.2, 0.25) is 0 Å². The smallest absolute Gasteiger partial charge is 0.335 e. The molecule has 0 aliphatic carbocycles. The van der Waals surface area contributed by atoms with Crippen molar-refractivity contribution >= 4 is 84.7 Å². The lowest BCUT2D eigenvalue weighted by Crippen LogP contribution is -2.54. The molecule has 37 heavy (non-hydrogen) atoms. The Hall–Kier alpha value is -3.47. The third-order valence-corrected chi connectivity index (χ3v) is 6.56. The van der Waals surface area contributed by atoms with E-state index in [1.165, 1.54) is 18.2 Å². The highest BCUT2D eigenvalue weighted by molar-refractivity contribution is 9.11. The average molecular weight is 648 g/mol. The van der Waals surface area contributed by atoms with Gasteiger partial charge in [0, 0.05) is 10.7 Å². The van der Waals surface area contributed by atoms with E-state index in [1.807, 2.05) is 25.1 Å². The topological polar surface area (TPSA) is 105 Å². The molecule has 8 nitrogen and oxygen atoms in total. The summed E-state index contributed by atoms with van der Waals surface area (Å²) in [7, 11) is 0. The predicted octanol–water partition coefficient (Wildman–Crippen LogP) is 5.86. The van der Waals surface area contributed by atoms with Gasteiger partial charge in [0.25, 0.3) is 17.7 Å². The number of carbonyl (C=O) groups is 4. The van der Waals surface area contributed by atoms with E-state index in [9.17, 15) is 19.2 Å². The van der Waals surface area contributed by atoms with Crippen molar-refractivity contribution in [2.75, 3.05) is 16.8 Å². The molecule has 4 rings (SSSR count). The summed E-state index contributed by atoms with van der Waals surface area (Å²) in [6.45, 7) is 1.68. The van der Waals surface area contributed by atoms with Crippen molar-refractivity contribution in [1.29, 1.82) is 0 Å². The Morgan fingerprint density at radius 1 is 1.05 bits per heavy atom. The molecule has 1 saturated heterocycles. The zero-order chi connectivity index (χ0) is 26.7. The summed E-state index contributed by atoms with van der Waals surface area (Å²) in [4.78, 5) is 51.1. The number of anilines is 2. The molecule has 1 aliphatic heterocycles. The van der Waals surface area contributed by atoms with Gasteiger partial charge < -0.3 is 10.1 Å². The molecule has 188 valence electrons. The Morgan fingerprint density at radius 2 is 1.76 bits per heavy atom. The SMILES string of the molecule is Cc1cccc(NC(=O)COc2c(Br)cc(/C=C3\C(=O)NC(=O)N(c4cccc(Cl)c4)C3=O)cc2Br)c1. The zero-order valence-electron chi connectivity index (χ0n) is 19.2. The Bertz CT molecular complexity index is 1450. The third-order valence-electron chi connectivity index (χ3n) is 5.15. The number of aryl methyl sites for hydroxylation is 1. The van der Waals surface area contributed by atoms with E-state index in [0.717, 1.165) is 10.5 Å². The number of ether oxygens (including phenoxy) is 1. The summed E-state index contributed by atoms with van der Waals surface area (Å²) in [5.74, 6) is -1.60. The number of nitrogens with one attached hydrogen (secondary N) is 2. The molecule has 1 fully saturated rings. The normalized spacial score (nSPS) is 14.5. The van der Waals surface area contributed by atoms with E-state index in [2.05, 4.69) is 42.5 Å². The van der Waals surface area contributed by atoms with E-state index in [-0.39, 0.29) is 23.8 Å². The largest absolute Gasteiger partial charge is 0.481 e. The Labute approximate surface area is 233 Å². The van der Waals surface area contributed by atoms with Crippen molar-refractivity contribution in [2.24, 2.45) is 0 Å². The molecule has 5 amide bonds. The number of barbiturate groups is 1. The van der Waals surface area contributed by atoms with Crippen LogP contribution in [0.3, 0.4) is 0 Å². The maximum Gasteiger partial charge on any atom is 0.335 e. The van der Waals surface area contributed by atoms with Gasteiger partial charge in [0.15, 0.2) is 6.61 Å². The van der Waals surface area contributed by atoms with Gasteiger partial charge in [-0.25, -0.2) is 9.69 Å². The number of carbonyl (C=O) groups excluding carboxylic acids is 4. The molecule has 0 aromatic heterocycles. The molecule has 0 unspecified atom stereocenters. The van der Waals surface area contributed by atoms with E-state index in [1.54, 1.807) is 30.3 Å². The standard InChI is InChI=1S/C26H18Br2ClN3O5/c1-14-4-2-6-17(8-14)30-22(33)13-37-23-20(27)10-15(11-21(23)28)9-19-24(34)31-26(36)32(25(19)35)18-7-3-5-16(29)12-18/h2-12H,13H2,1H3,(H,30,33)(H,31,34,36)/b19-9+. The van der Waals surface area contributed by atoms with Gasteiger partial charge in [-0.05, 0) is 98.5 Å². The van der Waals surface area contributed by atoms with Gasteiger partial charge in [-0.3, -0.25) is 19.7 Å². The molecule has 3 aromatic carbocycles. The number of hydrogen-bond donors (Lipinski definition) is 2. The fourth-order valence-electron chi connectivity index (χ4n) is 3.53. The molecule has 11 heteroatoms. The lowest BCUT2D eigenvalue weighted by Gasteiger charge is -2.26. The number of imide groups is 2. The average Bonchev–Trinajstić information content (AvgIpc) is 2.81. The lowest BCUT2D eigenvalue weighted by molar-refractivity contribution is -0.122. The van der Waals surface area contributed by atoms with Crippen LogP contribution in [0.1, 0.15) is 11.1 Å². The molecular formula is C26H18Br2ClN3O5.